The maximum absolute atomic E-state index is 12.6. The molecule has 5 heteroatoms. The molecule has 130 valence electrons. The quantitative estimate of drug-likeness (QED) is 0.727. The molecule has 0 aromatic carbocycles. The summed E-state index contributed by atoms with van der Waals surface area (Å²) in [6, 6.07) is 0.832. The minimum Gasteiger partial charge on any atom is -0.450 e. The Morgan fingerprint density at radius 1 is 1.26 bits per heavy atom. The minimum atomic E-state index is -1.05. The van der Waals surface area contributed by atoms with Crippen molar-refractivity contribution in [1.82, 2.24) is 9.80 Å². The van der Waals surface area contributed by atoms with Gasteiger partial charge in [0, 0.05) is 32.6 Å². The summed E-state index contributed by atoms with van der Waals surface area (Å²) in [4.78, 5) is 28.2. The molecule has 1 saturated heterocycles. The monoisotopic (exact) mass is 322 g/mol. The van der Waals surface area contributed by atoms with Crippen LogP contribution in [0.3, 0.4) is 0 Å². The van der Waals surface area contributed by atoms with Crippen molar-refractivity contribution >= 4 is 11.9 Å². The summed E-state index contributed by atoms with van der Waals surface area (Å²) >= 11 is 0. The van der Waals surface area contributed by atoms with Gasteiger partial charge in [0.15, 0.2) is 5.60 Å². The molecule has 2 aliphatic carbocycles. The number of hydrogen-bond acceptors (Lipinski definition) is 4. The average molecular weight is 322 g/mol. The Morgan fingerprint density at radius 3 is 2.39 bits per heavy atom. The fraction of sp³-hybridized carbons (Fsp3) is 0.889. The fourth-order valence-corrected chi connectivity index (χ4v) is 4.25. The van der Waals surface area contributed by atoms with Crippen LogP contribution < -0.4 is 0 Å². The number of hydrogen-bond donors (Lipinski definition) is 0. The van der Waals surface area contributed by atoms with E-state index in [1.807, 2.05) is 4.90 Å². The van der Waals surface area contributed by atoms with Crippen molar-refractivity contribution < 1.29 is 14.3 Å². The second kappa shape index (κ2) is 5.76. The molecular weight excluding hydrogens is 292 g/mol. The Morgan fingerprint density at radius 2 is 1.87 bits per heavy atom. The zero-order valence-corrected chi connectivity index (χ0v) is 14.9. The summed E-state index contributed by atoms with van der Waals surface area (Å²) in [5, 5.41) is 0. The van der Waals surface area contributed by atoms with E-state index >= 15 is 0 Å². The number of ether oxygens (including phenoxy) is 1. The van der Waals surface area contributed by atoms with Crippen LogP contribution >= 0.6 is 0 Å². The summed E-state index contributed by atoms with van der Waals surface area (Å²) in [7, 11) is 2.25. The van der Waals surface area contributed by atoms with Gasteiger partial charge in [-0.15, -0.1) is 0 Å². The molecule has 23 heavy (non-hydrogen) atoms. The van der Waals surface area contributed by atoms with Gasteiger partial charge in [0.25, 0.3) is 5.91 Å². The normalized spacial score (nSPS) is 26.5. The van der Waals surface area contributed by atoms with Crippen LogP contribution in [0, 0.1) is 11.3 Å². The number of nitrogens with zero attached hydrogens (tertiary/aromatic N) is 2. The van der Waals surface area contributed by atoms with Crippen molar-refractivity contribution in [3.63, 3.8) is 0 Å². The van der Waals surface area contributed by atoms with Gasteiger partial charge in [-0.2, -0.15) is 0 Å². The summed E-state index contributed by atoms with van der Waals surface area (Å²) in [6.45, 7) is 7.54. The van der Waals surface area contributed by atoms with E-state index < -0.39 is 11.6 Å². The van der Waals surface area contributed by atoms with E-state index in [0.717, 1.165) is 37.9 Å². The highest BCUT2D eigenvalue weighted by molar-refractivity contribution is 5.86. The number of rotatable bonds is 5. The predicted molar refractivity (Wildman–Crippen MR) is 87.9 cm³/mol. The zero-order valence-electron chi connectivity index (χ0n) is 14.9. The Bertz CT molecular complexity index is 490. The number of amides is 1. The molecule has 1 aliphatic heterocycles. The number of piperidine rings is 1. The van der Waals surface area contributed by atoms with Gasteiger partial charge in [-0.25, -0.2) is 0 Å². The van der Waals surface area contributed by atoms with E-state index in [4.69, 9.17) is 4.74 Å². The van der Waals surface area contributed by atoms with E-state index in [1.165, 1.54) is 32.7 Å². The largest absolute Gasteiger partial charge is 0.450 e. The molecule has 3 fully saturated rings. The highest BCUT2D eigenvalue weighted by Gasteiger charge is 2.56. The smallest absolute Gasteiger partial charge is 0.303 e. The topological polar surface area (TPSA) is 49.9 Å². The van der Waals surface area contributed by atoms with Crippen LogP contribution in [0.25, 0.3) is 0 Å². The van der Waals surface area contributed by atoms with Crippen molar-refractivity contribution in [2.24, 2.45) is 11.3 Å². The number of carbonyl (C=O) groups excluding carboxylic acids is 2. The first kappa shape index (κ1) is 16.7. The third-order valence-electron chi connectivity index (χ3n) is 6.00. The molecule has 1 spiro atoms. The van der Waals surface area contributed by atoms with Crippen molar-refractivity contribution in [1.29, 1.82) is 0 Å². The Balaban J connectivity index is 1.49. The molecule has 5 nitrogen and oxygen atoms in total. The molecule has 0 aromatic heterocycles. The lowest BCUT2D eigenvalue weighted by Crippen LogP contribution is -2.50. The molecule has 0 aromatic rings. The SMILES string of the molecule is CC(=O)OC(C)(C)C(=O)N1CCC2(CC1)CC2CN(C)C1CC1. The molecule has 3 aliphatic rings. The molecule has 1 amide bonds. The van der Waals surface area contributed by atoms with E-state index in [9.17, 15) is 9.59 Å². The molecular formula is C18H30N2O3. The zero-order chi connectivity index (χ0) is 16.8. The summed E-state index contributed by atoms with van der Waals surface area (Å²) in [5.74, 6) is 0.351. The van der Waals surface area contributed by atoms with Crippen LogP contribution in [-0.4, -0.2) is 60.0 Å². The van der Waals surface area contributed by atoms with Gasteiger partial charge >= 0.3 is 5.97 Å². The molecule has 0 N–H and O–H groups in total. The molecule has 3 rings (SSSR count). The Hall–Kier alpha value is -1.10. The summed E-state index contributed by atoms with van der Waals surface area (Å²) < 4.78 is 5.19. The third kappa shape index (κ3) is 3.54. The second-order valence-electron chi connectivity index (χ2n) is 8.33. The van der Waals surface area contributed by atoms with E-state index in [0.29, 0.717) is 5.41 Å². The summed E-state index contributed by atoms with van der Waals surface area (Å²) in [5.41, 5.74) is -0.572. The Labute approximate surface area is 139 Å². The van der Waals surface area contributed by atoms with Gasteiger partial charge in [0.2, 0.25) is 0 Å². The average Bonchev–Trinajstić information content (AvgIpc) is 3.35. The molecule has 0 radical (unpaired) electrons. The molecule has 2 saturated carbocycles. The van der Waals surface area contributed by atoms with Gasteiger partial charge in [-0.1, -0.05) is 0 Å². The predicted octanol–water partition coefficient (Wildman–Crippen LogP) is 2.05. The number of carbonyl (C=O) groups is 2. The molecule has 1 atom stereocenters. The lowest BCUT2D eigenvalue weighted by Gasteiger charge is -2.37. The van der Waals surface area contributed by atoms with Crippen molar-refractivity contribution in [2.75, 3.05) is 26.7 Å². The third-order valence-corrected chi connectivity index (χ3v) is 6.00. The first-order valence-corrected chi connectivity index (χ1v) is 8.93. The van der Waals surface area contributed by atoms with Crippen LogP contribution in [-0.2, 0) is 14.3 Å². The van der Waals surface area contributed by atoms with Crippen LogP contribution in [0.4, 0.5) is 0 Å². The lowest BCUT2D eigenvalue weighted by atomic mass is 9.90. The van der Waals surface area contributed by atoms with Crippen molar-refractivity contribution in [3.05, 3.63) is 0 Å². The minimum absolute atomic E-state index is 0.0603. The number of esters is 1. The van der Waals surface area contributed by atoms with Gasteiger partial charge in [0.1, 0.15) is 0 Å². The Kier molecular flexibility index (Phi) is 4.20. The molecule has 1 unspecified atom stereocenters. The van der Waals surface area contributed by atoms with Gasteiger partial charge in [0.05, 0.1) is 0 Å². The van der Waals surface area contributed by atoms with Crippen LogP contribution in [0.1, 0.15) is 52.9 Å². The lowest BCUT2D eigenvalue weighted by molar-refractivity contribution is -0.169. The van der Waals surface area contributed by atoms with E-state index in [1.54, 1.807) is 13.8 Å². The van der Waals surface area contributed by atoms with Crippen molar-refractivity contribution in [2.45, 2.75) is 64.5 Å². The fourth-order valence-electron chi connectivity index (χ4n) is 4.25. The maximum Gasteiger partial charge on any atom is 0.303 e. The highest BCUT2D eigenvalue weighted by Crippen LogP contribution is 2.59. The van der Waals surface area contributed by atoms with Gasteiger partial charge in [-0.3, -0.25) is 9.59 Å². The van der Waals surface area contributed by atoms with Gasteiger partial charge in [-0.05, 0) is 64.3 Å². The molecule has 0 bridgehead atoms. The first-order valence-electron chi connectivity index (χ1n) is 8.93. The first-order chi connectivity index (χ1) is 10.7. The van der Waals surface area contributed by atoms with E-state index in [-0.39, 0.29) is 5.91 Å². The van der Waals surface area contributed by atoms with Crippen LogP contribution in [0.15, 0.2) is 0 Å². The molecule has 1 heterocycles. The van der Waals surface area contributed by atoms with Crippen molar-refractivity contribution in [3.8, 4) is 0 Å². The summed E-state index contributed by atoms with van der Waals surface area (Å²) in [6.07, 6.45) is 6.24. The second-order valence-corrected chi connectivity index (χ2v) is 8.33. The standard InChI is InChI=1S/C18H30N2O3/c1-13(21)23-17(2,3)16(22)20-9-7-18(8-10-20)11-14(18)12-19(4)15-5-6-15/h14-15H,5-12H2,1-4H3. The highest BCUT2D eigenvalue weighted by atomic mass is 16.6. The van der Waals surface area contributed by atoms with Gasteiger partial charge < -0.3 is 14.5 Å². The van der Waals surface area contributed by atoms with Crippen LogP contribution in [0.2, 0.25) is 0 Å². The maximum atomic E-state index is 12.6. The number of likely N-dealkylation sites (tertiary alicyclic amines) is 1. The van der Waals surface area contributed by atoms with E-state index in [2.05, 4.69) is 11.9 Å². The van der Waals surface area contributed by atoms with Crippen LogP contribution in [0.5, 0.6) is 0 Å².